The molecule has 2 aromatic carbocycles. The topological polar surface area (TPSA) is 107 Å². The molecule has 3 N–H and O–H groups in total. The summed E-state index contributed by atoms with van der Waals surface area (Å²) in [5.74, 6) is -1.77. The molecule has 0 spiro atoms. The zero-order valence-corrected chi connectivity index (χ0v) is 17.2. The van der Waals surface area contributed by atoms with Gasteiger partial charge in [0.15, 0.2) is 0 Å². The Bertz CT molecular complexity index is 1160. The molecule has 0 fully saturated rings. The average molecular weight is 401 g/mol. The van der Waals surface area contributed by atoms with Gasteiger partial charge in [-0.15, -0.1) is 0 Å². The maximum absolute atomic E-state index is 13.6. The molecule has 6 nitrogen and oxygen atoms in total. The maximum atomic E-state index is 13.6. The number of aryl methyl sites for hydroxylation is 3. The Balaban J connectivity index is 2.29. The van der Waals surface area contributed by atoms with Gasteiger partial charge in [-0.3, -0.25) is 0 Å². The van der Waals surface area contributed by atoms with E-state index in [1.807, 2.05) is 19.1 Å². The second-order valence-corrected chi connectivity index (χ2v) is 9.10. The molecule has 1 heterocycles. The molecule has 28 heavy (non-hydrogen) atoms. The first-order valence-electron chi connectivity index (χ1n) is 9.03. The Morgan fingerprint density at radius 3 is 2.25 bits per heavy atom. The molecule has 0 radical (unpaired) electrons. The lowest BCUT2D eigenvalue weighted by Gasteiger charge is -2.17. The van der Waals surface area contributed by atoms with E-state index in [-0.39, 0.29) is 4.90 Å². The lowest BCUT2D eigenvalue weighted by atomic mass is 9.93. The monoisotopic (exact) mass is 400 g/mol. The molecular weight excluding hydrogens is 376 g/mol. The number of carboxylic acid groups (broad SMARTS) is 1. The predicted molar refractivity (Wildman–Crippen MR) is 105 cm³/mol. The fourth-order valence-corrected chi connectivity index (χ4v) is 5.63. The predicted octanol–water partition coefficient (Wildman–Crippen LogP) is 1.27. The Labute approximate surface area is 164 Å². The molecule has 7 heteroatoms. The molecular formula is C21H24N2O4S. The molecule has 3 aromatic rings. The largest absolute Gasteiger partial charge is 0.544 e. The van der Waals surface area contributed by atoms with Crippen LogP contribution in [-0.4, -0.2) is 24.4 Å². The lowest BCUT2D eigenvalue weighted by Crippen LogP contribution is -2.70. The zero-order valence-electron chi connectivity index (χ0n) is 16.4. The van der Waals surface area contributed by atoms with Gasteiger partial charge in [0.25, 0.3) is 10.0 Å². The minimum absolute atomic E-state index is 0.268. The molecule has 0 aliphatic rings. The van der Waals surface area contributed by atoms with Crippen molar-refractivity contribution in [3.05, 3.63) is 64.8 Å². The fraction of sp³-hybridized carbons (Fsp3) is 0.286. The number of para-hydroxylation sites is 1. The number of benzene rings is 2. The van der Waals surface area contributed by atoms with E-state index in [4.69, 9.17) is 0 Å². The minimum Gasteiger partial charge on any atom is -0.544 e. The first-order chi connectivity index (χ1) is 13.1. The number of fused-ring (bicyclic) bond motifs is 1. The van der Waals surface area contributed by atoms with Crippen LogP contribution in [0.2, 0.25) is 0 Å². The molecule has 1 aromatic heterocycles. The first-order valence-corrected chi connectivity index (χ1v) is 10.5. The van der Waals surface area contributed by atoms with Crippen molar-refractivity contribution >= 4 is 26.9 Å². The number of rotatable bonds is 5. The van der Waals surface area contributed by atoms with Crippen molar-refractivity contribution in [1.29, 1.82) is 0 Å². The van der Waals surface area contributed by atoms with E-state index in [9.17, 15) is 18.3 Å². The Kier molecular flexibility index (Phi) is 5.08. The summed E-state index contributed by atoms with van der Waals surface area (Å²) in [6, 6.07) is 9.77. The van der Waals surface area contributed by atoms with Gasteiger partial charge in [-0.1, -0.05) is 42.8 Å². The van der Waals surface area contributed by atoms with Crippen molar-refractivity contribution in [3.63, 3.8) is 0 Å². The van der Waals surface area contributed by atoms with Gasteiger partial charge in [-0.2, -0.15) is 0 Å². The summed E-state index contributed by atoms with van der Waals surface area (Å²) < 4.78 is 28.4. The van der Waals surface area contributed by atoms with Gasteiger partial charge in [0, 0.05) is 17.5 Å². The Morgan fingerprint density at radius 1 is 1.11 bits per heavy atom. The maximum Gasteiger partial charge on any atom is 0.268 e. The highest BCUT2D eigenvalue weighted by molar-refractivity contribution is 7.90. The van der Waals surface area contributed by atoms with Crippen LogP contribution >= 0.6 is 0 Å². The summed E-state index contributed by atoms with van der Waals surface area (Å²) in [5, 5.41) is 12.0. The summed E-state index contributed by atoms with van der Waals surface area (Å²) in [5.41, 5.74) is 7.14. The summed E-state index contributed by atoms with van der Waals surface area (Å²) in [6.45, 7) is 7.21. The normalized spacial score (nSPS) is 14.2. The highest BCUT2D eigenvalue weighted by atomic mass is 32.2. The highest BCUT2D eigenvalue weighted by Crippen LogP contribution is 2.33. The number of quaternary nitrogens is 1. The van der Waals surface area contributed by atoms with E-state index in [1.54, 1.807) is 45.0 Å². The highest BCUT2D eigenvalue weighted by Gasteiger charge is 2.28. The van der Waals surface area contributed by atoms with Gasteiger partial charge < -0.3 is 15.6 Å². The minimum atomic E-state index is -3.87. The van der Waals surface area contributed by atoms with E-state index in [2.05, 4.69) is 5.73 Å². The van der Waals surface area contributed by atoms with Gasteiger partial charge in [0.1, 0.15) is 6.04 Å². The molecule has 0 aliphatic heterocycles. The number of aromatic nitrogens is 1. The number of carbonyl (C=O) groups excluding carboxylic acids is 1. The molecule has 0 aliphatic carbocycles. The van der Waals surface area contributed by atoms with Gasteiger partial charge in [-0.05, 0) is 43.5 Å². The van der Waals surface area contributed by atoms with Crippen LogP contribution in [0.3, 0.4) is 0 Å². The van der Waals surface area contributed by atoms with Crippen molar-refractivity contribution in [2.45, 2.75) is 44.6 Å². The second kappa shape index (κ2) is 7.07. The standard InChI is InChI=1S/C21H24N2O4S/c1-12-9-13(2)20(14(3)10-12)28(26,27)23-11-17(15(4)19(22)21(24)25)16-7-5-6-8-18(16)23/h5-11,15,19H,22H2,1-4H3,(H,24,25)/t15-,19+/m1/s1. The van der Waals surface area contributed by atoms with Crippen LogP contribution in [0.25, 0.3) is 10.9 Å². The molecule has 3 rings (SSSR count). The molecule has 0 saturated carbocycles. The van der Waals surface area contributed by atoms with Gasteiger partial charge in [-0.25, -0.2) is 12.4 Å². The van der Waals surface area contributed by atoms with Gasteiger partial charge in [0.05, 0.1) is 16.4 Å². The Morgan fingerprint density at radius 2 is 1.68 bits per heavy atom. The second-order valence-electron chi connectivity index (χ2n) is 7.34. The van der Waals surface area contributed by atoms with Crippen LogP contribution < -0.4 is 10.8 Å². The quantitative estimate of drug-likeness (QED) is 0.696. The van der Waals surface area contributed by atoms with Crippen molar-refractivity contribution < 1.29 is 24.1 Å². The van der Waals surface area contributed by atoms with Crippen LogP contribution in [0.1, 0.15) is 35.1 Å². The van der Waals surface area contributed by atoms with Crippen molar-refractivity contribution in [2.24, 2.45) is 0 Å². The lowest BCUT2D eigenvalue weighted by molar-refractivity contribution is -0.441. The molecule has 0 unspecified atom stereocenters. The third kappa shape index (κ3) is 3.21. The van der Waals surface area contributed by atoms with E-state index >= 15 is 0 Å². The summed E-state index contributed by atoms with van der Waals surface area (Å²) in [4.78, 5) is 11.6. The molecule has 0 saturated heterocycles. The average Bonchev–Trinajstić information content (AvgIpc) is 2.99. The van der Waals surface area contributed by atoms with Gasteiger partial charge >= 0.3 is 0 Å². The Hall–Kier alpha value is -2.64. The van der Waals surface area contributed by atoms with Crippen LogP contribution in [-0.2, 0) is 14.8 Å². The molecule has 0 amide bonds. The van der Waals surface area contributed by atoms with E-state index in [0.29, 0.717) is 27.6 Å². The van der Waals surface area contributed by atoms with Crippen LogP contribution in [0.5, 0.6) is 0 Å². The van der Waals surface area contributed by atoms with E-state index < -0.39 is 28.0 Å². The summed E-state index contributed by atoms with van der Waals surface area (Å²) in [6.07, 6.45) is 1.52. The number of carboxylic acids is 1. The summed E-state index contributed by atoms with van der Waals surface area (Å²) in [7, 11) is -3.87. The fourth-order valence-electron chi connectivity index (χ4n) is 3.83. The molecule has 2 atom stereocenters. The van der Waals surface area contributed by atoms with Crippen LogP contribution in [0, 0.1) is 20.8 Å². The number of hydrogen-bond acceptors (Lipinski definition) is 4. The van der Waals surface area contributed by atoms with E-state index in [0.717, 1.165) is 5.56 Å². The number of hydrogen-bond donors (Lipinski definition) is 1. The van der Waals surface area contributed by atoms with Crippen LogP contribution in [0.4, 0.5) is 0 Å². The third-order valence-corrected chi connectivity index (χ3v) is 7.21. The molecule has 0 bridgehead atoms. The van der Waals surface area contributed by atoms with E-state index in [1.165, 1.54) is 10.2 Å². The third-order valence-electron chi connectivity index (χ3n) is 5.23. The first kappa shape index (κ1) is 20.1. The van der Waals surface area contributed by atoms with Crippen molar-refractivity contribution in [3.8, 4) is 0 Å². The van der Waals surface area contributed by atoms with Crippen molar-refractivity contribution in [2.75, 3.05) is 0 Å². The molecule has 148 valence electrons. The zero-order chi connectivity index (χ0) is 20.8. The number of nitrogens with zero attached hydrogens (tertiary/aromatic N) is 1. The number of carbonyl (C=O) groups is 1. The SMILES string of the molecule is Cc1cc(C)c(S(=O)(=O)n2cc([C@@H](C)[C@H]([NH3+])C(=O)[O-])c3ccccc32)c(C)c1. The van der Waals surface area contributed by atoms with Crippen LogP contribution in [0.15, 0.2) is 47.5 Å². The number of aliphatic carboxylic acids is 1. The smallest absolute Gasteiger partial charge is 0.268 e. The van der Waals surface area contributed by atoms with Crippen molar-refractivity contribution in [1.82, 2.24) is 3.97 Å². The van der Waals surface area contributed by atoms with Gasteiger partial charge in [0.2, 0.25) is 0 Å². The summed E-state index contributed by atoms with van der Waals surface area (Å²) >= 11 is 0.